The van der Waals surface area contributed by atoms with Gasteiger partial charge in [-0.15, -0.1) is 0 Å². The van der Waals surface area contributed by atoms with Crippen LogP contribution in [0, 0.1) is 11.6 Å². The lowest BCUT2D eigenvalue weighted by Gasteiger charge is -2.06. The molecule has 2 N–H and O–H groups in total. The van der Waals surface area contributed by atoms with Crippen molar-refractivity contribution in [1.82, 2.24) is 5.43 Å². The smallest absolute Gasteiger partial charge is 0.274 e. The predicted molar refractivity (Wildman–Crippen MR) is 81.5 cm³/mol. The Hall–Kier alpha value is -2.76. The number of nitrogens with one attached hydrogen (secondary N) is 1. The number of aromatic hydroxyl groups is 1. The number of amides is 1. The second-order valence-corrected chi connectivity index (χ2v) is 5.44. The molecule has 0 aromatic heterocycles. The van der Waals surface area contributed by atoms with Crippen molar-refractivity contribution in [1.29, 1.82) is 0 Å². The molecular formula is C17H14F2N2O2. The molecule has 0 heterocycles. The molecule has 0 fully saturated rings. The van der Waals surface area contributed by atoms with E-state index in [0.717, 1.165) is 0 Å². The first kappa shape index (κ1) is 15.1. The Morgan fingerprint density at radius 2 is 1.96 bits per heavy atom. The van der Waals surface area contributed by atoms with Crippen LogP contribution in [0.1, 0.15) is 40.7 Å². The standard InChI is InChI=1S/C17H14F2N2O2/c1-9-8-13(16-14(22)7-6-12(19)15(9)16)20-21-17(23)10-4-2-3-5-11(10)18/h2-7,9,22H,8H2,1H3,(H,21,23)/b20-13+/t9-/m0/s1. The van der Waals surface area contributed by atoms with Gasteiger partial charge in [0.1, 0.15) is 17.4 Å². The lowest BCUT2D eigenvalue weighted by atomic mass is 10.0. The largest absolute Gasteiger partial charge is 0.507 e. The molecule has 0 saturated heterocycles. The summed E-state index contributed by atoms with van der Waals surface area (Å²) in [4.78, 5) is 12.0. The van der Waals surface area contributed by atoms with Gasteiger partial charge < -0.3 is 5.11 Å². The van der Waals surface area contributed by atoms with Crippen molar-refractivity contribution < 1.29 is 18.7 Å². The van der Waals surface area contributed by atoms with Gasteiger partial charge in [-0.3, -0.25) is 4.79 Å². The van der Waals surface area contributed by atoms with E-state index in [1.165, 1.54) is 30.3 Å². The van der Waals surface area contributed by atoms with Crippen LogP contribution in [0.2, 0.25) is 0 Å². The Balaban J connectivity index is 1.91. The zero-order chi connectivity index (χ0) is 16.6. The Bertz CT molecular complexity index is 818. The van der Waals surface area contributed by atoms with E-state index in [4.69, 9.17) is 0 Å². The van der Waals surface area contributed by atoms with E-state index >= 15 is 0 Å². The van der Waals surface area contributed by atoms with Crippen LogP contribution in [0.25, 0.3) is 0 Å². The number of nitrogens with zero attached hydrogens (tertiary/aromatic N) is 1. The zero-order valence-corrected chi connectivity index (χ0v) is 12.3. The first-order valence-corrected chi connectivity index (χ1v) is 7.12. The van der Waals surface area contributed by atoms with Crippen LogP contribution in [0.4, 0.5) is 8.78 Å². The summed E-state index contributed by atoms with van der Waals surface area (Å²) in [5, 5.41) is 13.9. The van der Waals surface area contributed by atoms with Crippen LogP contribution in [-0.2, 0) is 0 Å². The molecule has 3 rings (SSSR count). The molecule has 2 aromatic carbocycles. The van der Waals surface area contributed by atoms with Gasteiger partial charge in [-0.1, -0.05) is 19.1 Å². The molecule has 6 heteroatoms. The minimum atomic E-state index is -0.701. The molecule has 2 aromatic rings. The van der Waals surface area contributed by atoms with Crippen molar-refractivity contribution in [3.05, 3.63) is 64.7 Å². The van der Waals surface area contributed by atoms with E-state index in [1.54, 1.807) is 6.07 Å². The number of phenols is 1. The highest BCUT2D eigenvalue weighted by molar-refractivity contribution is 6.08. The van der Waals surface area contributed by atoms with Crippen LogP contribution in [-0.4, -0.2) is 16.7 Å². The van der Waals surface area contributed by atoms with Crippen molar-refractivity contribution >= 4 is 11.6 Å². The van der Waals surface area contributed by atoms with Gasteiger partial charge in [0.2, 0.25) is 0 Å². The fourth-order valence-corrected chi connectivity index (χ4v) is 2.79. The van der Waals surface area contributed by atoms with Gasteiger partial charge in [0.15, 0.2) is 0 Å². The summed E-state index contributed by atoms with van der Waals surface area (Å²) in [7, 11) is 0. The molecule has 118 valence electrons. The van der Waals surface area contributed by atoms with Crippen molar-refractivity contribution in [3.8, 4) is 5.75 Å². The fraction of sp³-hybridized carbons (Fsp3) is 0.176. The predicted octanol–water partition coefficient (Wildman–Crippen LogP) is 3.31. The molecule has 0 bridgehead atoms. The summed E-state index contributed by atoms with van der Waals surface area (Å²) in [5.74, 6) is -2.03. The van der Waals surface area contributed by atoms with Gasteiger partial charge >= 0.3 is 0 Å². The highest BCUT2D eigenvalue weighted by Gasteiger charge is 2.30. The Morgan fingerprint density at radius 3 is 2.70 bits per heavy atom. The fourth-order valence-electron chi connectivity index (χ4n) is 2.79. The van der Waals surface area contributed by atoms with Crippen LogP contribution in [0.5, 0.6) is 5.75 Å². The number of carbonyl (C=O) groups is 1. The Kier molecular flexibility index (Phi) is 3.82. The number of phenolic OH excluding ortho intramolecular Hbond substituents is 1. The van der Waals surface area contributed by atoms with Gasteiger partial charge in [-0.05, 0) is 36.6 Å². The minimum Gasteiger partial charge on any atom is -0.507 e. The molecule has 0 unspecified atom stereocenters. The Labute approximate surface area is 131 Å². The maximum atomic E-state index is 13.9. The molecule has 0 saturated carbocycles. The summed E-state index contributed by atoms with van der Waals surface area (Å²) in [6, 6.07) is 7.99. The highest BCUT2D eigenvalue weighted by atomic mass is 19.1. The summed E-state index contributed by atoms with van der Waals surface area (Å²) in [6.07, 6.45) is 0.376. The topological polar surface area (TPSA) is 61.7 Å². The number of hydrogen-bond donors (Lipinski definition) is 2. The SMILES string of the molecule is C[C@H]1C/C(=N\NC(=O)c2ccccc2F)c2c(O)ccc(F)c21. The van der Waals surface area contributed by atoms with Crippen molar-refractivity contribution in [2.24, 2.45) is 5.10 Å². The minimum absolute atomic E-state index is 0.0929. The molecular weight excluding hydrogens is 302 g/mol. The molecule has 1 aliphatic rings. The number of hydrogen-bond acceptors (Lipinski definition) is 3. The third-order valence-corrected chi connectivity index (χ3v) is 3.86. The van der Waals surface area contributed by atoms with Gasteiger partial charge in [0, 0.05) is 11.1 Å². The number of hydrazone groups is 1. The summed E-state index contributed by atoms with van der Waals surface area (Å²) < 4.78 is 27.5. The quantitative estimate of drug-likeness (QED) is 0.835. The third-order valence-electron chi connectivity index (χ3n) is 3.86. The summed E-state index contributed by atoms with van der Waals surface area (Å²) >= 11 is 0. The van der Waals surface area contributed by atoms with Crippen LogP contribution in [0.15, 0.2) is 41.5 Å². The van der Waals surface area contributed by atoms with Crippen LogP contribution < -0.4 is 5.43 Å². The molecule has 1 amide bonds. The zero-order valence-electron chi connectivity index (χ0n) is 12.3. The normalized spacial score (nSPS) is 18.0. The molecule has 0 spiro atoms. The Morgan fingerprint density at radius 1 is 1.22 bits per heavy atom. The van der Waals surface area contributed by atoms with E-state index in [9.17, 15) is 18.7 Å². The maximum absolute atomic E-state index is 13.9. The van der Waals surface area contributed by atoms with E-state index in [2.05, 4.69) is 10.5 Å². The monoisotopic (exact) mass is 316 g/mol. The number of benzene rings is 2. The molecule has 0 aliphatic heterocycles. The number of halogens is 2. The van der Waals surface area contributed by atoms with E-state index in [0.29, 0.717) is 23.3 Å². The number of rotatable bonds is 2. The summed E-state index contributed by atoms with van der Waals surface area (Å²) in [5.41, 5.74) is 3.18. The van der Waals surface area contributed by atoms with E-state index in [1.807, 2.05) is 6.92 Å². The van der Waals surface area contributed by atoms with Crippen LogP contribution in [0.3, 0.4) is 0 Å². The first-order valence-electron chi connectivity index (χ1n) is 7.12. The van der Waals surface area contributed by atoms with E-state index in [-0.39, 0.29) is 17.2 Å². The molecule has 23 heavy (non-hydrogen) atoms. The van der Waals surface area contributed by atoms with Crippen molar-refractivity contribution in [3.63, 3.8) is 0 Å². The van der Waals surface area contributed by atoms with Gasteiger partial charge in [-0.2, -0.15) is 5.10 Å². The molecule has 4 nitrogen and oxygen atoms in total. The van der Waals surface area contributed by atoms with Crippen molar-refractivity contribution in [2.45, 2.75) is 19.3 Å². The number of carbonyl (C=O) groups excluding carboxylic acids is 1. The van der Waals surface area contributed by atoms with E-state index < -0.39 is 17.5 Å². The average molecular weight is 316 g/mol. The summed E-state index contributed by atoms with van der Waals surface area (Å²) in [6.45, 7) is 1.81. The van der Waals surface area contributed by atoms with Gasteiger partial charge in [0.05, 0.1) is 11.3 Å². The highest BCUT2D eigenvalue weighted by Crippen LogP contribution is 2.39. The number of fused-ring (bicyclic) bond motifs is 1. The van der Waals surface area contributed by atoms with Gasteiger partial charge in [0.25, 0.3) is 5.91 Å². The lowest BCUT2D eigenvalue weighted by Crippen LogP contribution is -2.20. The lowest BCUT2D eigenvalue weighted by molar-refractivity contribution is 0.0950. The average Bonchev–Trinajstić information content (AvgIpc) is 2.87. The van der Waals surface area contributed by atoms with Crippen molar-refractivity contribution in [2.75, 3.05) is 0 Å². The second-order valence-electron chi connectivity index (χ2n) is 5.44. The molecule has 1 atom stereocenters. The van der Waals surface area contributed by atoms with Crippen LogP contribution >= 0.6 is 0 Å². The molecule has 1 aliphatic carbocycles. The third kappa shape index (κ3) is 2.67. The second kappa shape index (κ2) is 5.79. The molecule has 0 radical (unpaired) electrons. The van der Waals surface area contributed by atoms with Gasteiger partial charge in [-0.25, -0.2) is 14.2 Å². The first-order chi connectivity index (χ1) is 11.0. The maximum Gasteiger partial charge on any atom is 0.274 e.